The molecule has 0 aliphatic carbocycles. The molecule has 0 N–H and O–H groups in total. The summed E-state index contributed by atoms with van der Waals surface area (Å²) in [6.07, 6.45) is 0. The summed E-state index contributed by atoms with van der Waals surface area (Å²) in [6.45, 7) is 5.98. The Morgan fingerprint density at radius 1 is 1.14 bits per heavy atom. The molecule has 1 aromatic heterocycles. The molecular weight excluding hydrogens is 387 g/mol. The van der Waals surface area contributed by atoms with Gasteiger partial charge in [-0.1, -0.05) is 35.5 Å². The Morgan fingerprint density at radius 2 is 1.83 bits per heavy atom. The van der Waals surface area contributed by atoms with E-state index in [1.807, 2.05) is 62.5 Å². The Hall–Kier alpha value is -2.51. The molecule has 3 aromatic rings. The Morgan fingerprint density at radius 3 is 2.45 bits per heavy atom. The summed E-state index contributed by atoms with van der Waals surface area (Å²) in [6, 6.07) is 12.0. The van der Waals surface area contributed by atoms with Crippen molar-refractivity contribution >= 4 is 17.5 Å². The molecular formula is C22H25FN4OS. The van der Waals surface area contributed by atoms with E-state index in [4.69, 9.17) is 0 Å². The van der Waals surface area contributed by atoms with Crippen molar-refractivity contribution in [3.05, 3.63) is 70.8 Å². The van der Waals surface area contributed by atoms with Crippen molar-refractivity contribution < 1.29 is 9.18 Å². The molecule has 0 aliphatic rings. The molecule has 0 saturated carbocycles. The fourth-order valence-corrected chi connectivity index (χ4v) is 3.89. The highest BCUT2D eigenvalue weighted by Crippen LogP contribution is 2.27. The number of carbonyl (C=O) groups excluding carboxylic acids is 1. The summed E-state index contributed by atoms with van der Waals surface area (Å²) < 4.78 is 15.3. The summed E-state index contributed by atoms with van der Waals surface area (Å²) in [5.74, 6) is 0.731. The van der Waals surface area contributed by atoms with E-state index in [2.05, 4.69) is 10.2 Å². The fourth-order valence-electron chi connectivity index (χ4n) is 3.04. The molecule has 0 spiro atoms. The van der Waals surface area contributed by atoms with E-state index in [0.717, 1.165) is 28.2 Å². The molecule has 0 radical (unpaired) electrons. The fraction of sp³-hybridized carbons (Fsp3) is 0.318. The second-order valence-corrected chi connectivity index (χ2v) is 8.26. The van der Waals surface area contributed by atoms with Crippen molar-refractivity contribution in [1.29, 1.82) is 0 Å². The number of thioether (sulfide) groups is 1. The maximum absolute atomic E-state index is 13.4. The van der Waals surface area contributed by atoms with E-state index in [1.165, 1.54) is 23.9 Å². The first-order valence-corrected chi connectivity index (χ1v) is 10.4. The van der Waals surface area contributed by atoms with Crippen LogP contribution in [0.15, 0.2) is 47.6 Å². The molecule has 0 fully saturated rings. The van der Waals surface area contributed by atoms with Crippen LogP contribution in [0.1, 0.15) is 40.3 Å². The van der Waals surface area contributed by atoms with Gasteiger partial charge in [0.15, 0.2) is 16.8 Å². The van der Waals surface area contributed by atoms with Gasteiger partial charge >= 0.3 is 0 Å². The Kier molecular flexibility index (Phi) is 6.49. The molecule has 0 unspecified atom stereocenters. The number of rotatable bonds is 7. The standard InChI is InChI=1S/C22H25FN4OS/c1-14-6-11-19(15(2)12-14)20(28)13-29-22-25-24-21(16(3)26(4)5)27(22)18-9-7-17(23)8-10-18/h6-12,16H,13H2,1-5H3/t16-/m0/s1. The van der Waals surface area contributed by atoms with Crippen molar-refractivity contribution in [3.63, 3.8) is 0 Å². The van der Waals surface area contributed by atoms with Gasteiger partial charge in [0.2, 0.25) is 0 Å². The summed E-state index contributed by atoms with van der Waals surface area (Å²) in [4.78, 5) is 14.8. The number of Topliss-reactive ketones (excluding diaryl/α,β-unsaturated/α-hetero) is 1. The lowest BCUT2D eigenvalue weighted by atomic mass is 10.0. The number of hydrogen-bond acceptors (Lipinski definition) is 5. The van der Waals surface area contributed by atoms with E-state index in [1.54, 1.807) is 12.1 Å². The molecule has 2 aromatic carbocycles. The lowest BCUT2D eigenvalue weighted by Gasteiger charge is -2.20. The monoisotopic (exact) mass is 412 g/mol. The Labute approximate surface area is 175 Å². The van der Waals surface area contributed by atoms with Gasteiger partial charge < -0.3 is 0 Å². The summed E-state index contributed by atoms with van der Waals surface area (Å²) in [5, 5.41) is 9.29. The van der Waals surface area contributed by atoms with Crippen LogP contribution in [0.4, 0.5) is 4.39 Å². The van der Waals surface area contributed by atoms with E-state index in [9.17, 15) is 9.18 Å². The van der Waals surface area contributed by atoms with Crippen molar-refractivity contribution in [2.45, 2.75) is 32.0 Å². The van der Waals surface area contributed by atoms with Gasteiger partial charge in [0.1, 0.15) is 5.82 Å². The van der Waals surface area contributed by atoms with Crippen LogP contribution in [-0.2, 0) is 0 Å². The average Bonchev–Trinajstić information content (AvgIpc) is 3.09. The number of nitrogens with zero attached hydrogens (tertiary/aromatic N) is 4. The van der Waals surface area contributed by atoms with Gasteiger partial charge in [-0.05, 0) is 64.7 Å². The van der Waals surface area contributed by atoms with Crippen molar-refractivity contribution in [2.24, 2.45) is 0 Å². The maximum atomic E-state index is 13.4. The van der Waals surface area contributed by atoms with Gasteiger partial charge in [-0.25, -0.2) is 4.39 Å². The molecule has 1 heterocycles. The lowest BCUT2D eigenvalue weighted by Crippen LogP contribution is -2.20. The number of aryl methyl sites for hydroxylation is 2. The van der Waals surface area contributed by atoms with Gasteiger partial charge in [-0.15, -0.1) is 10.2 Å². The number of hydrogen-bond donors (Lipinski definition) is 0. The van der Waals surface area contributed by atoms with Crippen molar-refractivity contribution in [3.8, 4) is 5.69 Å². The SMILES string of the molecule is Cc1ccc(C(=O)CSc2nnc([C@H](C)N(C)C)n2-c2ccc(F)cc2)c(C)c1. The third-order valence-corrected chi connectivity index (χ3v) is 5.84. The van der Waals surface area contributed by atoms with Gasteiger partial charge in [-0.2, -0.15) is 0 Å². The van der Waals surface area contributed by atoms with Crippen LogP contribution in [-0.4, -0.2) is 45.3 Å². The van der Waals surface area contributed by atoms with Gasteiger partial charge in [0.05, 0.1) is 11.8 Å². The number of aromatic nitrogens is 3. The largest absolute Gasteiger partial charge is 0.300 e. The first-order chi connectivity index (χ1) is 13.8. The second kappa shape index (κ2) is 8.88. The Bertz CT molecular complexity index is 1010. The Balaban J connectivity index is 1.90. The summed E-state index contributed by atoms with van der Waals surface area (Å²) in [7, 11) is 3.93. The minimum atomic E-state index is -0.303. The van der Waals surface area contributed by atoms with Crippen LogP contribution in [0, 0.1) is 19.7 Å². The number of ketones is 1. The minimum Gasteiger partial charge on any atom is -0.300 e. The third kappa shape index (κ3) is 4.74. The van der Waals surface area contributed by atoms with E-state index < -0.39 is 0 Å². The third-order valence-electron chi connectivity index (χ3n) is 4.91. The van der Waals surface area contributed by atoms with Crippen molar-refractivity contribution in [1.82, 2.24) is 19.7 Å². The number of carbonyl (C=O) groups is 1. The van der Waals surface area contributed by atoms with Gasteiger partial charge in [-0.3, -0.25) is 14.3 Å². The number of halogens is 1. The van der Waals surface area contributed by atoms with Gasteiger partial charge in [0, 0.05) is 11.3 Å². The van der Waals surface area contributed by atoms with E-state index in [0.29, 0.717) is 5.16 Å². The van der Waals surface area contributed by atoms with Crippen molar-refractivity contribution in [2.75, 3.05) is 19.8 Å². The molecule has 1 atom stereocenters. The maximum Gasteiger partial charge on any atom is 0.196 e. The highest BCUT2D eigenvalue weighted by molar-refractivity contribution is 7.99. The average molecular weight is 413 g/mol. The van der Waals surface area contributed by atoms with Crippen LogP contribution in [0.25, 0.3) is 5.69 Å². The minimum absolute atomic E-state index is 0.00283. The molecule has 0 aliphatic heterocycles. The van der Waals surface area contributed by atoms with E-state index >= 15 is 0 Å². The van der Waals surface area contributed by atoms with Crippen LogP contribution in [0.5, 0.6) is 0 Å². The molecule has 152 valence electrons. The topological polar surface area (TPSA) is 51.0 Å². The highest BCUT2D eigenvalue weighted by Gasteiger charge is 2.22. The summed E-state index contributed by atoms with van der Waals surface area (Å²) in [5.41, 5.74) is 3.59. The smallest absolute Gasteiger partial charge is 0.196 e. The van der Waals surface area contributed by atoms with Crippen LogP contribution in [0.3, 0.4) is 0 Å². The molecule has 5 nitrogen and oxygen atoms in total. The van der Waals surface area contributed by atoms with Crippen LogP contribution in [0.2, 0.25) is 0 Å². The predicted octanol–water partition coefficient (Wildman–Crippen LogP) is 4.62. The highest BCUT2D eigenvalue weighted by atomic mass is 32.2. The lowest BCUT2D eigenvalue weighted by molar-refractivity contribution is 0.102. The molecule has 7 heteroatoms. The first kappa shape index (κ1) is 21.2. The van der Waals surface area contributed by atoms with Crippen LogP contribution < -0.4 is 0 Å². The molecule has 0 saturated heterocycles. The second-order valence-electron chi connectivity index (χ2n) is 7.32. The van der Waals surface area contributed by atoms with Crippen LogP contribution >= 0.6 is 11.8 Å². The molecule has 3 rings (SSSR count). The zero-order chi connectivity index (χ0) is 21.1. The summed E-state index contributed by atoms with van der Waals surface area (Å²) >= 11 is 1.34. The normalized spacial score (nSPS) is 12.4. The van der Waals surface area contributed by atoms with Gasteiger partial charge in [0.25, 0.3) is 0 Å². The predicted molar refractivity (Wildman–Crippen MR) is 114 cm³/mol. The zero-order valence-corrected chi connectivity index (χ0v) is 18.1. The molecule has 0 amide bonds. The first-order valence-electron chi connectivity index (χ1n) is 9.39. The molecule has 0 bridgehead atoms. The quantitative estimate of drug-likeness (QED) is 0.419. The zero-order valence-electron chi connectivity index (χ0n) is 17.3. The number of benzene rings is 2. The molecule has 29 heavy (non-hydrogen) atoms. The van der Waals surface area contributed by atoms with E-state index in [-0.39, 0.29) is 23.4 Å².